The molecule has 3 N–H and O–H groups in total. The molecule has 1 aromatic rings. The third-order valence-corrected chi connectivity index (χ3v) is 6.25. The number of sulfonamides is 1. The molecule has 1 amide bonds. The van der Waals surface area contributed by atoms with Crippen LogP contribution in [0.2, 0.25) is 0 Å². The maximum absolute atomic E-state index is 12.0. The number of carbonyl (C=O) groups is 1. The molecule has 1 aliphatic heterocycles. The lowest BCUT2D eigenvalue weighted by atomic mass is 10.2. The van der Waals surface area contributed by atoms with Gasteiger partial charge in [-0.3, -0.25) is 14.5 Å². The normalized spacial score (nSPS) is 18.0. The van der Waals surface area contributed by atoms with Crippen LogP contribution in [-0.4, -0.2) is 47.4 Å². The minimum absolute atomic E-state index is 0.0160. The second-order valence-corrected chi connectivity index (χ2v) is 9.13. The van der Waals surface area contributed by atoms with Crippen LogP contribution in [0.4, 0.5) is 5.69 Å². The lowest BCUT2D eigenvalue weighted by molar-refractivity contribution is -0.127. The zero-order valence-corrected chi connectivity index (χ0v) is 14.1. The summed E-state index contributed by atoms with van der Waals surface area (Å²) in [5.74, 6) is 4.33. The Morgan fingerprint density at radius 3 is 2.57 bits per heavy atom. The van der Waals surface area contributed by atoms with Gasteiger partial charge >= 0.3 is 0 Å². The molecule has 1 heterocycles. The fourth-order valence-electron chi connectivity index (χ4n) is 2.13. The minimum atomic E-state index is -3.75. The average molecular weight is 363 g/mol. The smallest absolute Gasteiger partial charge is 0.276 e. The van der Waals surface area contributed by atoms with Crippen molar-refractivity contribution in [1.82, 2.24) is 5.43 Å². The van der Waals surface area contributed by atoms with Crippen LogP contribution in [0.5, 0.6) is 5.75 Å². The maximum Gasteiger partial charge on any atom is 0.276 e. The second kappa shape index (κ2) is 5.98. The van der Waals surface area contributed by atoms with E-state index in [0.717, 1.165) is 10.6 Å². The van der Waals surface area contributed by atoms with Crippen molar-refractivity contribution in [1.29, 1.82) is 0 Å². The van der Waals surface area contributed by atoms with Gasteiger partial charge in [0.1, 0.15) is 5.75 Å². The van der Waals surface area contributed by atoms with Gasteiger partial charge in [0, 0.05) is 0 Å². The third-order valence-electron chi connectivity index (χ3n) is 3.37. The van der Waals surface area contributed by atoms with Crippen molar-refractivity contribution in [2.75, 3.05) is 22.9 Å². The molecule has 23 heavy (non-hydrogen) atoms. The molecule has 11 heteroatoms. The van der Waals surface area contributed by atoms with E-state index in [1.54, 1.807) is 0 Å². The molecule has 0 unspecified atom stereocenters. The average Bonchev–Trinajstić information content (AvgIpc) is 2.51. The van der Waals surface area contributed by atoms with Gasteiger partial charge in [-0.2, -0.15) is 0 Å². The van der Waals surface area contributed by atoms with Crippen molar-refractivity contribution in [2.24, 2.45) is 5.84 Å². The first-order valence-corrected chi connectivity index (χ1v) is 10.1. The van der Waals surface area contributed by atoms with Crippen LogP contribution in [0, 0.1) is 0 Å². The largest absolute Gasteiger partial charge is 0.476 e. The van der Waals surface area contributed by atoms with E-state index in [0.29, 0.717) is 0 Å². The van der Waals surface area contributed by atoms with E-state index in [4.69, 9.17) is 10.6 Å². The molecule has 0 fully saturated rings. The molecule has 0 aliphatic carbocycles. The number of fused-ring (bicyclic) bond motifs is 1. The lowest BCUT2D eigenvalue weighted by Gasteiger charge is -2.33. The van der Waals surface area contributed by atoms with Crippen molar-refractivity contribution in [3.63, 3.8) is 0 Å². The lowest BCUT2D eigenvalue weighted by Crippen LogP contribution is -2.52. The Bertz CT molecular complexity index is 834. The van der Waals surface area contributed by atoms with Crippen molar-refractivity contribution in [3.05, 3.63) is 18.2 Å². The number of carbonyl (C=O) groups excluding carboxylic acids is 1. The Hall–Kier alpha value is -1.85. The van der Waals surface area contributed by atoms with Crippen molar-refractivity contribution in [3.8, 4) is 5.75 Å². The Kier molecular flexibility index (Phi) is 4.55. The first-order chi connectivity index (χ1) is 10.6. The van der Waals surface area contributed by atoms with E-state index < -0.39 is 31.9 Å². The van der Waals surface area contributed by atoms with Crippen molar-refractivity contribution in [2.45, 2.75) is 17.9 Å². The van der Waals surface area contributed by atoms with Gasteiger partial charge in [-0.25, -0.2) is 22.7 Å². The summed E-state index contributed by atoms with van der Waals surface area (Å²) in [6, 6.07) is 3.86. The fourth-order valence-corrected chi connectivity index (χ4v) is 3.94. The first kappa shape index (κ1) is 17.5. The highest BCUT2D eigenvalue weighted by molar-refractivity contribution is 7.92. The highest BCUT2D eigenvalue weighted by Gasteiger charge is 2.35. The summed E-state index contributed by atoms with van der Waals surface area (Å²) in [4.78, 5) is 11.6. The standard InChI is InChI=1S/C12H17N3O6S2/c1-3-23(19,20)8-4-5-10-9(6-8)15(22(2,17)18)7-11(21-10)12(16)14-13/h4-6,11H,3,7,13H2,1-2H3,(H,14,16)/t11-/m1/s1. The zero-order valence-electron chi connectivity index (χ0n) is 12.5. The molecule has 1 aromatic carbocycles. The van der Waals surface area contributed by atoms with Gasteiger partial charge in [0.25, 0.3) is 5.91 Å². The number of nitrogens with two attached hydrogens (primary N) is 1. The van der Waals surface area contributed by atoms with Crippen LogP contribution in [0.15, 0.2) is 23.1 Å². The predicted octanol–water partition coefficient (Wildman–Crippen LogP) is -1.00. The van der Waals surface area contributed by atoms with E-state index in [9.17, 15) is 21.6 Å². The Labute approximate surface area is 134 Å². The maximum atomic E-state index is 12.0. The summed E-state index contributed by atoms with van der Waals surface area (Å²) in [5, 5.41) is 0. The molecule has 2 rings (SSSR count). The Balaban J connectivity index is 2.58. The van der Waals surface area contributed by atoms with Crippen LogP contribution < -0.4 is 20.3 Å². The van der Waals surface area contributed by atoms with Gasteiger partial charge in [-0.1, -0.05) is 6.92 Å². The Morgan fingerprint density at radius 2 is 2.04 bits per heavy atom. The molecule has 1 aliphatic rings. The van der Waals surface area contributed by atoms with Gasteiger partial charge in [0.2, 0.25) is 10.0 Å². The van der Waals surface area contributed by atoms with Crippen LogP contribution in [0.3, 0.4) is 0 Å². The number of anilines is 1. The summed E-state index contributed by atoms with van der Waals surface area (Å²) in [6.07, 6.45) is -0.170. The van der Waals surface area contributed by atoms with Gasteiger partial charge in [0.05, 0.1) is 29.1 Å². The Morgan fingerprint density at radius 1 is 1.39 bits per heavy atom. The summed E-state index contributed by atoms with van der Waals surface area (Å²) < 4.78 is 54.3. The second-order valence-electron chi connectivity index (χ2n) is 4.94. The fraction of sp³-hybridized carbons (Fsp3) is 0.417. The number of hydrogen-bond donors (Lipinski definition) is 2. The topological polar surface area (TPSA) is 136 Å². The van der Waals surface area contributed by atoms with Crippen LogP contribution in [0.25, 0.3) is 0 Å². The number of hydrogen-bond acceptors (Lipinski definition) is 7. The molecule has 0 aromatic heterocycles. The molecule has 0 spiro atoms. The van der Waals surface area contributed by atoms with Crippen LogP contribution in [0.1, 0.15) is 6.92 Å². The summed E-state index contributed by atoms with van der Waals surface area (Å²) in [7, 11) is -7.26. The number of nitrogens with zero attached hydrogens (tertiary/aromatic N) is 1. The zero-order chi connectivity index (χ0) is 17.4. The van der Waals surface area contributed by atoms with E-state index in [1.807, 2.05) is 5.43 Å². The summed E-state index contributed by atoms with van der Waals surface area (Å²) in [5.41, 5.74) is 1.97. The van der Waals surface area contributed by atoms with Gasteiger partial charge in [-0.05, 0) is 18.2 Å². The number of rotatable bonds is 4. The molecule has 0 bridgehead atoms. The molecule has 128 valence electrons. The molecule has 0 saturated heterocycles. The molecule has 0 saturated carbocycles. The number of benzene rings is 1. The first-order valence-electron chi connectivity index (χ1n) is 6.61. The van der Waals surface area contributed by atoms with Crippen molar-refractivity contribution < 1.29 is 26.4 Å². The van der Waals surface area contributed by atoms with Crippen molar-refractivity contribution >= 4 is 31.5 Å². The molecule has 0 radical (unpaired) electrons. The van der Waals surface area contributed by atoms with Gasteiger partial charge in [-0.15, -0.1) is 0 Å². The summed E-state index contributed by atoms with van der Waals surface area (Å²) >= 11 is 0. The molecular weight excluding hydrogens is 346 g/mol. The van der Waals surface area contributed by atoms with E-state index in [-0.39, 0.29) is 28.6 Å². The van der Waals surface area contributed by atoms with Gasteiger partial charge < -0.3 is 4.74 Å². The number of sulfone groups is 1. The number of amides is 1. The SMILES string of the molecule is CCS(=O)(=O)c1ccc2c(c1)N(S(C)(=O)=O)C[C@H](C(=O)NN)O2. The van der Waals surface area contributed by atoms with Crippen LogP contribution >= 0.6 is 0 Å². The van der Waals surface area contributed by atoms with Gasteiger partial charge in [0.15, 0.2) is 15.9 Å². The third kappa shape index (κ3) is 3.41. The molecule has 1 atom stereocenters. The highest BCUT2D eigenvalue weighted by Crippen LogP contribution is 2.37. The minimum Gasteiger partial charge on any atom is -0.476 e. The van der Waals surface area contributed by atoms with E-state index in [2.05, 4.69) is 0 Å². The van der Waals surface area contributed by atoms with E-state index >= 15 is 0 Å². The monoisotopic (exact) mass is 363 g/mol. The quantitative estimate of drug-likeness (QED) is 0.398. The van der Waals surface area contributed by atoms with Crippen LogP contribution in [-0.2, 0) is 24.7 Å². The predicted molar refractivity (Wildman–Crippen MR) is 83.1 cm³/mol. The van der Waals surface area contributed by atoms with E-state index in [1.165, 1.54) is 25.1 Å². The molecule has 9 nitrogen and oxygen atoms in total. The number of ether oxygens (including phenoxy) is 1. The number of hydrazine groups is 1. The molecular formula is C12H17N3O6S2. The summed E-state index contributed by atoms with van der Waals surface area (Å²) in [6.45, 7) is 1.19. The number of nitrogens with one attached hydrogen (secondary N) is 1. The highest BCUT2D eigenvalue weighted by atomic mass is 32.2.